The van der Waals surface area contributed by atoms with Crippen LogP contribution in [0.1, 0.15) is 22.8 Å². The van der Waals surface area contributed by atoms with Crippen molar-refractivity contribution in [3.05, 3.63) is 57.6 Å². The lowest BCUT2D eigenvalue weighted by Crippen LogP contribution is -2.28. The second kappa shape index (κ2) is 7.15. The standard InChI is InChI=1S/C18H13Cl2NO4S/c1-9(22)21(8-10-4-2-3-5-12(10)19)17-14(18(24)25)11-6-7-13(23)15(20)16(11)26-17/h2-7,23H,8H2,1H3,(H,24,25). The van der Waals surface area contributed by atoms with Crippen LogP contribution in [-0.2, 0) is 11.3 Å². The van der Waals surface area contributed by atoms with Gasteiger partial charge in [-0.25, -0.2) is 4.79 Å². The van der Waals surface area contributed by atoms with E-state index in [0.29, 0.717) is 20.7 Å². The van der Waals surface area contributed by atoms with Gasteiger partial charge >= 0.3 is 5.97 Å². The third kappa shape index (κ3) is 3.23. The van der Waals surface area contributed by atoms with E-state index in [1.165, 1.54) is 24.0 Å². The third-order valence-corrected chi connectivity index (χ3v) is 5.99. The summed E-state index contributed by atoms with van der Waals surface area (Å²) in [5.74, 6) is -1.66. The highest BCUT2D eigenvalue weighted by Crippen LogP contribution is 2.45. The van der Waals surface area contributed by atoms with Crippen LogP contribution in [0.3, 0.4) is 0 Å². The summed E-state index contributed by atoms with van der Waals surface area (Å²) in [4.78, 5) is 25.5. The van der Waals surface area contributed by atoms with Crippen molar-refractivity contribution < 1.29 is 19.8 Å². The minimum absolute atomic E-state index is 0.0332. The van der Waals surface area contributed by atoms with E-state index < -0.39 is 5.97 Å². The molecular formula is C18H13Cl2NO4S. The average Bonchev–Trinajstić information content (AvgIpc) is 2.97. The molecule has 2 N–H and O–H groups in total. The highest BCUT2D eigenvalue weighted by molar-refractivity contribution is 7.24. The van der Waals surface area contributed by atoms with Gasteiger partial charge in [0, 0.05) is 17.3 Å². The van der Waals surface area contributed by atoms with Crippen molar-refractivity contribution in [2.45, 2.75) is 13.5 Å². The number of benzene rings is 2. The van der Waals surface area contributed by atoms with E-state index in [1.807, 2.05) is 0 Å². The van der Waals surface area contributed by atoms with Gasteiger partial charge in [-0.2, -0.15) is 0 Å². The summed E-state index contributed by atoms with van der Waals surface area (Å²) >= 11 is 13.4. The molecule has 0 aliphatic heterocycles. The quantitative estimate of drug-likeness (QED) is 0.623. The van der Waals surface area contributed by atoms with Gasteiger partial charge in [0.2, 0.25) is 5.91 Å². The third-order valence-electron chi connectivity index (χ3n) is 3.88. The normalized spacial score (nSPS) is 10.9. The number of fused-ring (bicyclic) bond motifs is 1. The lowest BCUT2D eigenvalue weighted by molar-refractivity contribution is -0.116. The van der Waals surface area contributed by atoms with Gasteiger partial charge < -0.3 is 10.2 Å². The summed E-state index contributed by atoms with van der Waals surface area (Å²) in [5.41, 5.74) is 0.654. The molecule has 3 aromatic rings. The number of hydrogen-bond donors (Lipinski definition) is 2. The minimum atomic E-state index is -1.18. The predicted molar refractivity (Wildman–Crippen MR) is 104 cm³/mol. The Hall–Kier alpha value is -2.28. The first-order valence-electron chi connectivity index (χ1n) is 7.50. The average molecular weight is 410 g/mol. The molecule has 5 nitrogen and oxygen atoms in total. The van der Waals surface area contributed by atoms with E-state index in [9.17, 15) is 19.8 Å². The second-order valence-corrected chi connectivity index (χ2v) is 7.34. The Balaban J connectivity index is 2.21. The molecule has 1 amide bonds. The van der Waals surface area contributed by atoms with Gasteiger partial charge in [0.1, 0.15) is 21.3 Å². The Morgan fingerprint density at radius 3 is 2.46 bits per heavy atom. The van der Waals surface area contributed by atoms with E-state index in [1.54, 1.807) is 24.3 Å². The van der Waals surface area contributed by atoms with Crippen molar-refractivity contribution in [1.82, 2.24) is 0 Å². The predicted octanol–water partition coefficient (Wildman–Crippen LogP) is 5.17. The van der Waals surface area contributed by atoms with Gasteiger partial charge in [-0.1, -0.05) is 41.4 Å². The number of carboxylic acid groups (broad SMARTS) is 1. The molecule has 0 unspecified atom stereocenters. The fourth-order valence-corrected chi connectivity index (χ4v) is 4.37. The van der Waals surface area contributed by atoms with Gasteiger partial charge in [-0.05, 0) is 23.8 Å². The first kappa shape index (κ1) is 18.5. The number of aromatic carboxylic acids is 1. The van der Waals surface area contributed by atoms with E-state index in [-0.39, 0.29) is 33.8 Å². The Morgan fingerprint density at radius 2 is 1.85 bits per heavy atom. The number of phenols is 1. The van der Waals surface area contributed by atoms with Crippen LogP contribution in [-0.4, -0.2) is 22.1 Å². The first-order valence-corrected chi connectivity index (χ1v) is 9.07. The van der Waals surface area contributed by atoms with Gasteiger partial charge in [0.25, 0.3) is 0 Å². The van der Waals surface area contributed by atoms with Crippen LogP contribution >= 0.6 is 34.5 Å². The lowest BCUT2D eigenvalue weighted by atomic mass is 10.1. The van der Waals surface area contributed by atoms with Crippen molar-refractivity contribution in [2.24, 2.45) is 0 Å². The number of carboxylic acids is 1. The number of hydrogen-bond acceptors (Lipinski definition) is 4. The largest absolute Gasteiger partial charge is 0.506 e. The van der Waals surface area contributed by atoms with E-state index in [2.05, 4.69) is 0 Å². The van der Waals surface area contributed by atoms with Crippen LogP contribution in [0.2, 0.25) is 10.0 Å². The Bertz CT molecular complexity index is 1030. The molecule has 0 fully saturated rings. The van der Waals surface area contributed by atoms with Gasteiger partial charge in [-0.3, -0.25) is 9.69 Å². The number of carbonyl (C=O) groups excluding carboxylic acids is 1. The highest BCUT2D eigenvalue weighted by atomic mass is 35.5. The van der Waals surface area contributed by atoms with E-state index in [4.69, 9.17) is 23.2 Å². The molecule has 0 saturated heterocycles. The number of anilines is 1. The maximum atomic E-state index is 12.3. The minimum Gasteiger partial charge on any atom is -0.506 e. The molecule has 26 heavy (non-hydrogen) atoms. The molecule has 0 saturated carbocycles. The van der Waals surface area contributed by atoms with E-state index in [0.717, 1.165) is 11.3 Å². The van der Waals surface area contributed by atoms with Crippen molar-refractivity contribution in [1.29, 1.82) is 0 Å². The Labute approximate surface area is 163 Å². The highest BCUT2D eigenvalue weighted by Gasteiger charge is 2.27. The summed E-state index contributed by atoms with van der Waals surface area (Å²) in [6, 6.07) is 9.84. The summed E-state index contributed by atoms with van der Waals surface area (Å²) < 4.78 is 0.407. The topological polar surface area (TPSA) is 77.8 Å². The molecule has 0 spiro atoms. The number of amides is 1. The Morgan fingerprint density at radius 1 is 1.15 bits per heavy atom. The number of nitrogens with zero attached hydrogens (tertiary/aromatic N) is 1. The summed E-state index contributed by atoms with van der Waals surface area (Å²) in [7, 11) is 0. The summed E-state index contributed by atoms with van der Waals surface area (Å²) in [6.07, 6.45) is 0. The summed E-state index contributed by atoms with van der Waals surface area (Å²) in [5, 5.41) is 20.7. The zero-order valence-corrected chi connectivity index (χ0v) is 15.8. The zero-order valence-electron chi connectivity index (χ0n) is 13.5. The van der Waals surface area contributed by atoms with Crippen LogP contribution in [0.25, 0.3) is 10.1 Å². The second-order valence-electron chi connectivity index (χ2n) is 5.56. The molecule has 1 aromatic heterocycles. The fourth-order valence-electron chi connectivity index (χ4n) is 2.63. The SMILES string of the molecule is CC(=O)N(Cc1ccccc1Cl)c1sc2c(Cl)c(O)ccc2c1C(=O)O. The number of aromatic hydroxyl groups is 1. The zero-order chi connectivity index (χ0) is 19.0. The molecule has 2 aromatic carbocycles. The summed E-state index contributed by atoms with van der Waals surface area (Å²) in [6.45, 7) is 1.47. The van der Waals surface area contributed by atoms with Crippen LogP contribution < -0.4 is 4.90 Å². The smallest absolute Gasteiger partial charge is 0.339 e. The van der Waals surface area contributed by atoms with Gasteiger partial charge in [-0.15, -0.1) is 11.3 Å². The molecule has 134 valence electrons. The van der Waals surface area contributed by atoms with Gasteiger partial charge in [0.15, 0.2) is 0 Å². The molecule has 1 heterocycles. The number of phenolic OH excluding ortho intramolecular Hbond substituents is 1. The van der Waals surface area contributed by atoms with Crippen LogP contribution in [0.5, 0.6) is 5.75 Å². The van der Waals surface area contributed by atoms with E-state index >= 15 is 0 Å². The van der Waals surface area contributed by atoms with Crippen molar-refractivity contribution in [3.63, 3.8) is 0 Å². The van der Waals surface area contributed by atoms with Crippen molar-refractivity contribution >= 4 is 61.5 Å². The van der Waals surface area contributed by atoms with Crippen LogP contribution in [0.15, 0.2) is 36.4 Å². The molecular weight excluding hydrogens is 397 g/mol. The monoisotopic (exact) mass is 409 g/mol. The number of thiophene rings is 1. The molecule has 0 aliphatic carbocycles. The van der Waals surface area contributed by atoms with Gasteiger partial charge in [0.05, 0.1) is 11.2 Å². The molecule has 3 rings (SSSR count). The maximum Gasteiger partial charge on any atom is 0.339 e. The molecule has 0 aliphatic rings. The lowest BCUT2D eigenvalue weighted by Gasteiger charge is -2.21. The number of rotatable bonds is 4. The number of halogens is 2. The molecule has 0 bridgehead atoms. The van der Waals surface area contributed by atoms with Crippen LogP contribution in [0.4, 0.5) is 5.00 Å². The fraction of sp³-hybridized carbons (Fsp3) is 0.111. The van der Waals surface area contributed by atoms with Crippen molar-refractivity contribution in [3.8, 4) is 5.75 Å². The first-order chi connectivity index (χ1) is 12.3. The molecule has 0 radical (unpaired) electrons. The van der Waals surface area contributed by atoms with Crippen molar-refractivity contribution in [2.75, 3.05) is 4.90 Å². The number of carbonyl (C=O) groups is 2. The Kier molecular flexibility index (Phi) is 5.09. The van der Waals surface area contributed by atoms with Crippen LogP contribution in [0, 0.1) is 0 Å². The molecule has 8 heteroatoms. The maximum absolute atomic E-state index is 12.3. The molecule has 0 atom stereocenters.